The molecule has 8 amide bonds. The normalized spacial score (nSPS) is 14.3. The fourth-order valence-corrected chi connectivity index (χ4v) is 6.61. The second-order valence-corrected chi connectivity index (χ2v) is 16.5. The minimum absolute atomic E-state index is 0.0200. The number of nitrogens with one attached hydrogen (secondary N) is 2. The van der Waals surface area contributed by atoms with Gasteiger partial charge >= 0.3 is 36.4 Å². The Balaban J connectivity index is 1.45. The molecule has 62 heavy (non-hydrogen) atoms. The number of alkyl halides is 6. The van der Waals surface area contributed by atoms with Gasteiger partial charge in [-0.3, -0.25) is 38.6 Å². The highest BCUT2D eigenvalue weighted by atomic mass is 19.4. The molecule has 2 aliphatic rings. The summed E-state index contributed by atoms with van der Waals surface area (Å²) in [4.78, 5) is 108. The first-order chi connectivity index (χ1) is 28.6. The number of benzene rings is 2. The van der Waals surface area contributed by atoms with Crippen molar-refractivity contribution in [1.29, 1.82) is 0 Å². The van der Waals surface area contributed by atoms with Crippen LogP contribution in [0.2, 0.25) is 0 Å². The van der Waals surface area contributed by atoms with Crippen molar-refractivity contribution in [2.75, 3.05) is 52.4 Å². The minimum Gasteiger partial charge on any atom is -0.444 e. The third-order valence-corrected chi connectivity index (χ3v) is 9.28. The summed E-state index contributed by atoms with van der Waals surface area (Å²) in [5, 5.41) is 3.64. The molecule has 2 heterocycles. The molecule has 2 aliphatic heterocycles. The highest BCUT2D eigenvalue weighted by Gasteiger charge is 2.41. The van der Waals surface area contributed by atoms with Gasteiger partial charge in [0, 0.05) is 85.4 Å². The zero-order valence-electron chi connectivity index (χ0n) is 34.9. The van der Waals surface area contributed by atoms with Crippen molar-refractivity contribution in [3.05, 3.63) is 46.5 Å². The van der Waals surface area contributed by atoms with Gasteiger partial charge in [0.15, 0.2) is 0 Å². The van der Waals surface area contributed by atoms with Crippen molar-refractivity contribution in [1.82, 2.24) is 30.2 Å². The third-order valence-electron chi connectivity index (χ3n) is 9.28. The predicted molar refractivity (Wildman–Crippen MR) is 207 cm³/mol. The molecule has 22 heteroatoms. The van der Waals surface area contributed by atoms with Gasteiger partial charge in [-0.25, -0.2) is 9.59 Å². The molecule has 2 aromatic carbocycles. The molecule has 0 spiro atoms. The van der Waals surface area contributed by atoms with E-state index in [0.29, 0.717) is 0 Å². The van der Waals surface area contributed by atoms with Crippen LogP contribution in [0.3, 0.4) is 0 Å². The third kappa shape index (κ3) is 12.1. The van der Waals surface area contributed by atoms with E-state index in [1.807, 2.05) is 0 Å². The lowest BCUT2D eigenvalue weighted by atomic mass is 9.86. The van der Waals surface area contributed by atoms with Crippen molar-refractivity contribution < 1.29 is 74.2 Å². The summed E-state index contributed by atoms with van der Waals surface area (Å²) >= 11 is 0. The van der Waals surface area contributed by atoms with Gasteiger partial charge < -0.3 is 29.9 Å². The maximum atomic E-state index is 13.8. The summed E-state index contributed by atoms with van der Waals surface area (Å²) in [5.41, 5.74) is -1.76. The Morgan fingerprint density at radius 2 is 0.790 bits per heavy atom. The molecular formula is C40H48F6N6O10. The van der Waals surface area contributed by atoms with E-state index in [9.17, 15) is 64.7 Å². The molecule has 2 aromatic rings. The predicted octanol–water partition coefficient (Wildman–Crippen LogP) is 5.42. The molecule has 0 bridgehead atoms. The Morgan fingerprint density at radius 3 is 1.05 bits per heavy atom. The lowest BCUT2D eigenvalue weighted by Crippen LogP contribution is -2.45. The molecule has 0 unspecified atom stereocenters. The molecule has 2 N–H and O–H groups in total. The van der Waals surface area contributed by atoms with Crippen LogP contribution >= 0.6 is 0 Å². The molecule has 0 saturated carbocycles. The standard InChI is InChI=1S/C40H48F6N6O10/c1-37(2,3)61-35(59)49(17-7-15-47-33(57)39(41,42)43)19-9-21-51-29(53)23-11-13-25-28-26(14-12-24(27(23)28)30(51)54)32(56)52(31(25)55)22-10-20-50(36(60)62-38(4,5)6)18-8-16-48-34(58)40(44,45)46/h11-14H,7-10,15-22H2,1-6H3,(H,47,57)(H,48,58). The lowest BCUT2D eigenvalue weighted by molar-refractivity contribution is -0.173. The quantitative estimate of drug-likeness (QED) is 0.125. The van der Waals surface area contributed by atoms with Crippen molar-refractivity contribution >= 4 is 58.4 Å². The minimum atomic E-state index is -5.08. The van der Waals surface area contributed by atoms with Crippen LogP contribution in [0.1, 0.15) is 109 Å². The topological polar surface area (TPSA) is 192 Å². The fourth-order valence-electron chi connectivity index (χ4n) is 6.61. The summed E-state index contributed by atoms with van der Waals surface area (Å²) in [6.45, 7) is 8.01. The zero-order valence-corrected chi connectivity index (χ0v) is 34.9. The molecule has 0 saturated heterocycles. The second-order valence-electron chi connectivity index (χ2n) is 16.5. The smallest absolute Gasteiger partial charge is 0.444 e. The van der Waals surface area contributed by atoms with Gasteiger partial charge in [-0.05, 0) is 91.5 Å². The summed E-state index contributed by atoms with van der Waals surface area (Å²) in [5.74, 6) is -7.24. The van der Waals surface area contributed by atoms with E-state index in [4.69, 9.17) is 9.47 Å². The molecule has 0 atom stereocenters. The van der Waals surface area contributed by atoms with E-state index in [1.165, 1.54) is 34.1 Å². The van der Waals surface area contributed by atoms with Crippen LogP contribution < -0.4 is 10.6 Å². The Kier molecular flexibility index (Phi) is 14.9. The van der Waals surface area contributed by atoms with E-state index in [1.54, 1.807) is 52.2 Å². The van der Waals surface area contributed by atoms with E-state index in [0.717, 1.165) is 9.80 Å². The molecule has 0 fully saturated rings. The molecule has 0 aliphatic carbocycles. The molecule has 4 rings (SSSR count). The number of imide groups is 2. The molecule has 0 aromatic heterocycles. The van der Waals surface area contributed by atoms with Crippen LogP contribution in [0.5, 0.6) is 0 Å². The van der Waals surface area contributed by atoms with Gasteiger partial charge in [-0.15, -0.1) is 0 Å². The Hall–Kier alpha value is -5.96. The van der Waals surface area contributed by atoms with Crippen molar-refractivity contribution in [3.63, 3.8) is 0 Å². The monoisotopic (exact) mass is 886 g/mol. The zero-order chi connectivity index (χ0) is 46.5. The van der Waals surface area contributed by atoms with E-state index in [-0.39, 0.29) is 98.0 Å². The van der Waals surface area contributed by atoms with Crippen molar-refractivity contribution in [3.8, 4) is 0 Å². The molecular weight excluding hydrogens is 838 g/mol. The van der Waals surface area contributed by atoms with Gasteiger partial charge in [0.05, 0.1) is 0 Å². The van der Waals surface area contributed by atoms with E-state index in [2.05, 4.69) is 0 Å². The molecule has 0 radical (unpaired) electrons. The summed E-state index contributed by atoms with van der Waals surface area (Å²) in [6, 6.07) is 5.40. The SMILES string of the molecule is CC(C)(C)OC(=O)N(CCCNC(=O)C(F)(F)F)CCCN1C(=O)c2ccc3c4c(ccc(c24)C1=O)C(=O)N(CCCN(CCCNC(=O)C(F)(F)F)C(=O)OC(C)(C)C)C3=O. The number of carbonyl (C=O) groups is 8. The van der Waals surface area contributed by atoms with E-state index >= 15 is 0 Å². The number of amides is 8. The average Bonchev–Trinajstić information content (AvgIpc) is 3.14. The van der Waals surface area contributed by atoms with Crippen LogP contribution in [0.25, 0.3) is 10.8 Å². The first kappa shape index (κ1) is 48.7. The lowest BCUT2D eigenvalue weighted by Gasteiger charge is -2.33. The number of nitrogens with zero attached hydrogens (tertiary/aromatic N) is 4. The fraction of sp³-hybridized carbons (Fsp3) is 0.550. The Bertz CT molecular complexity index is 1890. The Morgan fingerprint density at radius 1 is 0.516 bits per heavy atom. The van der Waals surface area contributed by atoms with Gasteiger partial charge in [-0.1, -0.05) is 0 Å². The molecule has 16 nitrogen and oxygen atoms in total. The maximum Gasteiger partial charge on any atom is 0.471 e. The second kappa shape index (κ2) is 19.0. The number of carbonyl (C=O) groups excluding carboxylic acids is 8. The van der Waals surface area contributed by atoms with Gasteiger partial charge in [0.2, 0.25) is 0 Å². The highest BCUT2D eigenvalue weighted by molar-refractivity contribution is 6.33. The number of halogens is 6. The number of ether oxygens (including phenoxy) is 2. The van der Waals surface area contributed by atoms with Gasteiger partial charge in [-0.2, -0.15) is 26.3 Å². The van der Waals surface area contributed by atoms with Gasteiger partial charge in [0.1, 0.15) is 11.2 Å². The van der Waals surface area contributed by atoms with E-state index < -0.39 is 84.3 Å². The van der Waals surface area contributed by atoms with Crippen LogP contribution in [0.15, 0.2) is 24.3 Å². The maximum absolute atomic E-state index is 13.8. The highest BCUT2D eigenvalue weighted by Crippen LogP contribution is 2.38. The van der Waals surface area contributed by atoms with Gasteiger partial charge in [0.25, 0.3) is 23.6 Å². The largest absolute Gasteiger partial charge is 0.471 e. The van der Waals surface area contributed by atoms with Crippen LogP contribution in [0, 0.1) is 0 Å². The number of hydrogen-bond donors (Lipinski definition) is 2. The first-order valence-corrected chi connectivity index (χ1v) is 19.6. The number of hydrogen-bond acceptors (Lipinski definition) is 10. The first-order valence-electron chi connectivity index (χ1n) is 19.6. The average molecular weight is 887 g/mol. The Labute approximate surface area is 352 Å². The van der Waals surface area contributed by atoms with Crippen LogP contribution in [-0.2, 0) is 19.1 Å². The summed E-state index contributed by atoms with van der Waals surface area (Å²) < 4.78 is 86.4. The summed E-state index contributed by atoms with van der Waals surface area (Å²) in [7, 11) is 0. The van der Waals surface area contributed by atoms with Crippen LogP contribution in [-0.4, -0.2) is 143 Å². The summed E-state index contributed by atoms with van der Waals surface area (Å²) in [6.07, 6.45) is -11.9. The molecule has 340 valence electrons. The van der Waals surface area contributed by atoms with Crippen molar-refractivity contribution in [2.24, 2.45) is 0 Å². The number of rotatable bonds is 16. The van der Waals surface area contributed by atoms with Crippen molar-refractivity contribution in [2.45, 2.75) is 90.8 Å². The van der Waals surface area contributed by atoms with Crippen LogP contribution in [0.4, 0.5) is 35.9 Å².